The second-order valence-corrected chi connectivity index (χ2v) is 7.11. The standard InChI is InChI=1S/C18H22ClN3O2/c1-2-24-17(23)5-6-22-15-3-4-16(22)9-18(8-15,12-20)13-7-14(19)11-21-10-13/h7,10-11,15-16H,2-6,8-9H2,1H3. The van der Waals surface area contributed by atoms with Crippen molar-refractivity contribution in [2.45, 2.75) is 56.5 Å². The topological polar surface area (TPSA) is 66.2 Å². The summed E-state index contributed by atoms with van der Waals surface area (Å²) in [6, 6.07) is 5.08. The molecule has 3 heterocycles. The number of ether oxygens (including phenoxy) is 1. The molecule has 2 aliphatic heterocycles. The van der Waals surface area contributed by atoms with Crippen LogP contribution in [0.25, 0.3) is 0 Å². The smallest absolute Gasteiger partial charge is 0.307 e. The Bertz CT molecular complexity index is 644. The Balaban J connectivity index is 1.74. The Labute approximate surface area is 147 Å². The van der Waals surface area contributed by atoms with E-state index in [4.69, 9.17) is 16.3 Å². The van der Waals surface area contributed by atoms with Crippen LogP contribution < -0.4 is 0 Å². The van der Waals surface area contributed by atoms with E-state index in [1.807, 2.05) is 13.0 Å². The van der Waals surface area contributed by atoms with Crippen LogP contribution in [-0.4, -0.2) is 41.1 Å². The number of piperidine rings is 1. The minimum atomic E-state index is -0.524. The van der Waals surface area contributed by atoms with Gasteiger partial charge in [0, 0.05) is 31.0 Å². The first-order chi connectivity index (χ1) is 11.6. The van der Waals surface area contributed by atoms with E-state index in [0.717, 1.165) is 31.2 Å². The van der Waals surface area contributed by atoms with Crippen molar-refractivity contribution >= 4 is 17.6 Å². The zero-order valence-corrected chi connectivity index (χ0v) is 14.6. The Morgan fingerprint density at radius 2 is 2.17 bits per heavy atom. The van der Waals surface area contributed by atoms with Crippen molar-refractivity contribution in [3.8, 4) is 6.07 Å². The average molecular weight is 348 g/mol. The quantitative estimate of drug-likeness (QED) is 0.766. The molecule has 0 aromatic carbocycles. The predicted octanol–water partition coefficient (Wildman–Crippen LogP) is 3.08. The fraction of sp³-hybridized carbons (Fsp3) is 0.611. The average Bonchev–Trinajstić information content (AvgIpc) is 2.82. The van der Waals surface area contributed by atoms with Gasteiger partial charge in [-0.25, -0.2) is 0 Å². The number of halogens is 1. The van der Waals surface area contributed by atoms with E-state index in [0.29, 0.717) is 36.7 Å². The number of nitrogens with zero attached hydrogens (tertiary/aromatic N) is 3. The molecule has 2 fully saturated rings. The van der Waals surface area contributed by atoms with Gasteiger partial charge in [-0.05, 0) is 44.2 Å². The molecule has 6 heteroatoms. The molecule has 0 saturated carbocycles. The van der Waals surface area contributed by atoms with Crippen LogP contribution in [0.15, 0.2) is 18.5 Å². The van der Waals surface area contributed by atoms with Gasteiger partial charge in [0.05, 0.1) is 29.5 Å². The van der Waals surface area contributed by atoms with Crippen molar-refractivity contribution < 1.29 is 9.53 Å². The molecule has 2 bridgehead atoms. The van der Waals surface area contributed by atoms with Crippen LogP contribution in [0.3, 0.4) is 0 Å². The third-order valence-electron chi connectivity index (χ3n) is 5.29. The lowest BCUT2D eigenvalue weighted by atomic mass is 9.71. The van der Waals surface area contributed by atoms with E-state index in [2.05, 4.69) is 16.0 Å². The molecular formula is C18H22ClN3O2. The van der Waals surface area contributed by atoms with Crippen LogP contribution in [0.1, 0.15) is 44.6 Å². The minimum Gasteiger partial charge on any atom is -0.466 e. The largest absolute Gasteiger partial charge is 0.466 e. The molecule has 1 aromatic rings. The molecule has 3 rings (SSSR count). The number of aromatic nitrogens is 1. The third-order valence-corrected chi connectivity index (χ3v) is 5.50. The second kappa shape index (κ2) is 7.08. The van der Waals surface area contributed by atoms with Crippen molar-refractivity contribution in [2.75, 3.05) is 13.2 Å². The number of rotatable bonds is 5. The zero-order valence-electron chi connectivity index (χ0n) is 13.9. The number of nitriles is 1. The van der Waals surface area contributed by atoms with Crippen molar-refractivity contribution in [3.05, 3.63) is 29.0 Å². The molecule has 0 N–H and O–H groups in total. The van der Waals surface area contributed by atoms with Gasteiger partial charge in [-0.2, -0.15) is 5.26 Å². The summed E-state index contributed by atoms with van der Waals surface area (Å²) in [5.74, 6) is -0.145. The summed E-state index contributed by atoms with van der Waals surface area (Å²) in [6.07, 6.45) is 7.46. The Kier molecular flexibility index (Phi) is 5.07. The predicted molar refractivity (Wildman–Crippen MR) is 90.5 cm³/mol. The first kappa shape index (κ1) is 17.2. The summed E-state index contributed by atoms with van der Waals surface area (Å²) in [7, 11) is 0. The van der Waals surface area contributed by atoms with Crippen molar-refractivity contribution in [1.82, 2.24) is 9.88 Å². The van der Waals surface area contributed by atoms with E-state index in [1.54, 1.807) is 12.4 Å². The van der Waals surface area contributed by atoms with Crippen LogP contribution in [0.5, 0.6) is 0 Å². The van der Waals surface area contributed by atoms with E-state index >= 15 is 0 Å². The maximum Gasteiger partial charge on any atom is 0.307 e. The van der Waals surface area contributed by atoms with E-state index < -0.39 is 5.41 Å². The molecule has 128 valence electrons. The molecule has 2 unspecified atom stereocenters. The zero-order chi connectivity index (χ0) is 17.2. The minimum absolute atomic E-state index is 0.145. The van der Waals surface area contributed by atoms with Gasteiger partial charge in [-0.1, -0.05) is 11.6 Å². The van der Waals surface area contributed by atoms with Crippen molar-refractivity contribution in [3.63, 3.8) is 0 Å². The summed E-state index contributed by atoms with van der Waals surface area (Å²) in [6.45, 7) is 2.96. The van der Waals surface area contributed by atoms with Crippen molar-refractivity contribution in [2.24, 2.45) is 0 Å². The molecule has 2 atom stereocenters. The number of hydrogen-bond donors (Lipinski definition) is 0. The second-order valence-electron chi connectivity index (χ2n) is 6.67. The van der Waals surface area contributed by atoms with E-state index in [9.17, 15) is 10.1 Å². The third kappa shape index (κ3) is 3.26. The maximum atomic E-state index is 11.6. The Morgan fingerprint density at radius 3 is 2.75 bits per heavy atom. The summed E-state index contributed by atoms with van der Waals surface area (Å²) < 4.78 is 5.03. The Hall–Kier alpha value is -1.64. The summed E-state index contributed by atoms with van der Waals surface area (Å²) in [5.41, 5.74) is 0.393. The lowest BCUT2D eigenvalue weighted by Crippen LogP contribution is -2.49. The number of hydrogen-bond acceptors (Lipinski definition) is 5. The van der Waals surface area contributed by atoms with Gasteiger partial charge >= 0.3 is 5.97 Å². The van der Waals surface area contributed by atoms with E-state index in [-0.39, 0.29) is 5.97 Å². The molecule has 0 aliphatic carbocycles. The van der Waals surface area contributed by atoms with Gasteiger partial charge in [0.1, 0.15) is 0 Å². The van der Waals surface area contributed by atoms with Gasteiger partial charge in [0.15, 0.2) is 0 Å². The van der Waals surface area contributed by atoms with Gasteiger partial charge in [0.25, 0.3) is 0 Å². The lowest BCUT2D eigenvalue weighted by Gasteiger charge is -2.43. The number of fused-ring (bicyclic) bond motifs is 2. The highest BCUT2D eigenvalue weighted by molar-refractivity contribution is 6.30. The fourth-order valence-electron chi connectivity index (χ4n) is 4.22. The molecule has 0 amide bonds. The number of esters is 1. The SMILES string of the molecule is CCOC(=O)CCN1C2CCC1CC(C#N)(c1cncc(Cl)c1)C2. The molecule has 24 heavy (non-hydrogen) atoms. The monoisotopic (exact) mass is 347 g/mol. The maximum absolute atomic E-state index is 11.6. The highest BCUT2D eigenvalue weighted by atomic mass is 35.5. The first-order valence-corrected chi connectivity index (χ1v) is 8.89. The molecule has 0 radical (unpaired) electrons. The molecule has 1 aromatic heterocycles. The van der Waals surface area contributed by atoms with Crippen LogP contribution in [0, 0.1) is 11.3 Å². The van der Waals surface area contributed by atoms with Gasteiger partial charge in [-0.15, -0.1) is 0 Å². The summed E-state index contributed by atoms with van der Waals surface area (Å²) in [4.78, 5) is 18.2. The number of pyridine rings is 1. The lowest BCUT2D eigenvalue weighted by molar-refractivity contribution is -0.143. The molecule has 0 spiro atoms. The van der Waals surface area contributed by atoms with E-state index in [1.165, 1.54) is 0 Å². The normalized spacial score (nSPS) is 29.2. The van der Waals surface area contributed by atoms with Gasteiger partial charge in [-0.3, -0.25) is 14.7 Å². The van der Waals surface area contributed by atoms with Crippen LogP contribution in [0.4, 0.5) is 0 Å². The summed E-state index contributed by atoms with van der Waals surface area (Å²) in [5, 5.41) is 10.5. The fourth-order valence-corrected chi connectivity index (χ4v) is 4.40. The molecule has 5 nitrogen and oxygen atoms in total. The Morgan fingerprint density at radius 1 is 1.46 bits per heavy atom. The van der Waals surface area contributed by atoms with Crippen LogP contribution in [0.2, 0.25) is 5.02 Å². The van der Waals surface area contributed by atoms with Gasteiger partial charge in [0.2, 0.25) is 0 Å². The van der Waals surface area contributed by atoms with Crippen LogP contribution in [-0.2, 0) is 14.9 Å². The van der Waals surface area contributed by atoms with Gasteiger partial charge < -0.3 is 4.74 Å². The summed E-state index contributed by atoms with van der Waals surface area (Å²) >= 11 is 6.08. The van der Waals surface area contributed by atoms with Crippen molar-refractivity contribution in [1.29, 1.82) is 5.26 Å². The molecule has 2 aliphatic rings. The highest BCUT2D eigenvalue weighted by Crippen LogP contribution is 2.47. The molecule has 2 saturated heterocycles. The molecular weight excluding hydrogens is 326 g/mol. The number of carbonyl (C=O) groups is 1. The first-order valence-electron chi connectivity index (χ1n) is 8.51. The van der Waals surface area contributed by atoms with Crippen LogP contribution >= 0.6 is 11.6 Å². The highest BCUT2D eigenvalue weighted by Gasteiger charge is 2.49. The number of carbonyl (C=O) groups excluding carboxylic acids is 1.